The van der Waals surface area contributed by atoms with Crippen molar-refractivity contribution in [2.24, 2.45) is 0 Å². The molecule has 2 aromatic heterocycles. The molecule has 0 saturated heterocycles. The molecule has 0 radical (unpaired) electrons. The third-order valence-corrected chi connectivity index (χ3v) is 3.25. The van der Waals surface area contributed by atoms with E-state index < -0.39 is 0 Å². The molecule has 0 amide bonds. The lowest BCUT2D eigenvalue weighted by Gasteiger charge is -2.03. The van der Waals surface area contributed by atoms with Crippen LogP contribution in [0, 0.1) is 6.92 Å². The number of aryl methyl sites for hydroxylation is 1. The SMILES string of the molecule is Cc1ccsc1-c1cc(Cl)cnc1N. The van der Waals surface area contributed by atoms with Crippen molar-refractivity contribution in [1.82, 2.24) is 4.98 Å². The second-order valence-electron chi connectivity index (χ2n) is 3.02. The largest absolute Gasteiger partial charge is 0.383 e. The number of nitrogens with two attached hydrogens (primary N) is 1. The zero-order valence-corrected chi connectivity index (χ0v) is 9.19. The van der Waals surface area contributed by atoms with Gasteiger partial charge in [-0.2, -0.15) is 0 Å². The van der Waals surface area contributed by atoms with E-state index in [1.807, 2.05) is 18.4 Å². The molecule has 0 spiro atoms. The van der Waals surface area contributed by atoms with Gasteiger partial charge in [-0.15, -0.1) is 11.3 Å². The molecule has 0 saturated carbocycles. The molecule has 4 heteroatoms. The number of nitrogens with zero attached hydrogens (tertiary/aromatic N) is 1. The fraction of sp³-hybridized carbons (Fsp3) is 0.100. The van der Waals surface area contributed by atoms with E-state index >= 15 is 0 Å². The number of halogens is 1. The van der Waals surface area contributed by atoms with Crippen molar-refractivity contribution in [2.75, 3.05) is 5.73 Å². The van der Waals surface area contributed by atoms with Crippen LogP contribution in [0.3, 0.4) is 0 Å². The third-order valence-electron chi connectivity index (χ3n) is 1.99. The van der Waals surface area contributed by atoms with Crippen LogP contribution in [0.4, 0.5) is 5.82 Å². The molecule has 72 valence electrons. The van der Waals surface area contributed by atoms with E-state index in [-0.39, 0.29) is 0 Å². The number of anilines is 1. The number of hydrogen-bond donors (Lipinski definition) is 1. The molecule has 0 aromatic carbocycles. The van der Waals surface area contributed by atoms with Crippen molar-refractivity contribution >= 4 is 28.8 Å². The molecule has 2 heterocycles. The molecule has 0 unspecified atom stereocenters. The summed E-state index contributed by atoms with van der Waals surface area (Å²) in [6, 6.07) is 3.91. The summed E-state index contributed by atoms with van der Waals surface area (Å²) in [6.07, 6.45) is 1.56. The number of pyridine rings is 1. The van der Waals surface area contributed by atoms with Gasteiger partial charge in [0.2, 0.25) is 0 Å². The van der Waals surface area contributed by atoms with Gasteiger partial charge in [0.15, 0.2) is 0 Å². The van der Waals surface area contributed by atoms with Crippen molar-refractivity contribution in [2.45, 2.75) is 6.92 Å². The van der Waals surface area contributed by atoms with Gasteiger partial charge in [0.05, 0.1) is 5.02 Å². The van der Waals surface area contributed by atoms with Crippen LogP contribution in [0.1, 0.15) is 5.56 Å². The van der Waals surface area contributed by atoms with E-state index in [1.165, 1.54) is 5.56 Å². The summed E-state index contributed by atoms with van der Waals surface area (Å²) in [7, 11) is 0. The first-order valence-corrected chi connectivity index (χ1v) is 5.39. The topological polar surface area (TPSA) is 38.9 Å². The Bertz CT molecular complexity index is 465. The highest BCUT2D eigenvalue weighted by Crippen LogP contribution is 2.33. The highest BCUT2D eigenvalue weighted by atomic mass is 35.5. The Morgan fingerprint density at radius 3 is 2.93 bits per heavy atom. The number of aromatic nitrogens is 1. The predicted octanol–water partition coefficient (Wildman–Crippen LogP) is 3.35. The van der Waals surface area contributed by atoms with Gasteiger partial charge in [-0.05, 0) is 30.0 Å². The zero-order valence-electron chi connectivity index (χ0n) is 7.62. The normalized spacial score (nSPS) is 10.4. The summed E-state index contributed by atoms with van der Waals surface area (Å²) in [4.78, 5) is 5.16. The molecule has 2 aromatic rings. The van der Waals surface area contributed by atoms with Gasteiger partial charge >= 0.3 is 0 Å². The van der Waals surface area contributed by atoms with Crippen molar-refractivity contribution in [3.63, 3.8) is 0 Å². The molecular formula is C10H9ClN2S. The molecule has 0 fully saturated rings. The van der Waals surface area contributed by atoms with E-state index in [0.717, 1.165) is 10.4 Å². The van der Waals surface area contributed by atoms with Crippen LogP contribution >= 0.6 is 22.9 Å². The second-order valence-corrected chi connectivity index (χ2v) is 4.37. The summed E-state index contributed by atoms with van der Waals surface area (Å²) in [5.41, 5.74) is 7.91. The lowest BCUT2D eigenvalue weighted by molar-refractivity contribution is 1.34. The van der Waals surface area contributed by atoms with Gasteiger partial charge in [0.25, 0.3) is 0 Å². The lowest BCUT2D eigenvalue weighted by atomic mass is 10.1. The third kappa shape index (κ3) is 1.61. The van der Waals surface area contributed by atoms with Gasteiger partial charge in [-0.1, -0.05) is 11.6 Å². The smallest absolute Gasteiger partial charge is 0.132 e. The van der Waals surface area contributed by atoms with Crippen molar-refractivity contribution in [3.8, 4) is 10.4 Å². The van der Waals surface area contributed by atoms with Crippen LogP contribution in [0.2, 0.25) is 5.02 Å². The number of thiophene rings is 1. The first-order valence-electron chi connectivity index (χ1n) is 4.14. The summed E-state index contributed by atoms with van der Waals surface area (Å²) in [6.45, 7) is 2.05. The van der Waals surface area contributed by atoms with Gasteiger partial charge < -0.3 is 5.73 Å². The van der Waals surface area contributed by atoms with Gasteiger partial charge in [-0.3, -0.25) is 0 Å². The summed E-state index contributed by atoms with van der Waals surface area (Å²) < 4.78 is 0. The minimum absolute atomic E-state index is 0.528. The van der Waals surface area contributed by atoms with Crippen LogP contribution in [0.25, 0.3) is 10.4 Å². The van der Waals surface area contributed by atoms with Crippen molar-refractivity contribution < 1.29 is 0 Å². The summed E-state index contributed by atoms with van der Waals surface area (Å²) in [5, 5.41) is 2.65. The predicted molar refractivity (Wildman–Crippen MR) is 61.7 cm³/mol. The maximum atomic E-state index is 5.87. The highest BCUT2D eigenvalue weighted by Gasteiger charge is 2.08. The van der Waals surface area contributed by atoms with E-state index in [9.17, 15) is 0 Å². The van der Waals surface area contributed by atoms with Gasteiger partial charge in [0.1, 0.15) is 5.82 Å². The molecule has 2 rings (SSSR count). The van der Waals surface area contributed by atoms with Crippen LogP contribution in [-0.4, -0.2) is 4.98 Å². The standard InChI is InChI=1S/C10H9ClN2S/c1-6-2-3-14-9(6)8-4-7(11)5-13-10(8)12/h2-5H,1H3,(H2,12,13). The van der Waals surface area contributed by atoms with Crippen molar-refractivity contribution in [3.05, 3.63) is 34.3 Å². The highest BCUT2D eigenvalue weighted by molar-refractivity contribution is 7.13. The zero-order chi connectivity index (χ0) is 10.1. The van der Waals surface area contributed by atoms with Gasteiger partial charge in [-0.25, -0.2) is 4.98 Å². The monoisotopic (exact) mass is 224 g/mol. The Hall–Kier alpha value is -1.06. The Morgan fingerprint density at radius 1 is 1.50 bits per heavy atom. The van der Waals surface area contributed by atoms with Gasteiger partial charge in [0, 0.05) is 16.6 Å². The molecule has 0 atom stereocenters. The molecular weight excluding hydrogens is 216 g/mol. The number of nitrogen functional groups attached to an aromatic ring is 1. The summed E-state index contributed by atoms with van der Waals surface area (Å²) >= 11 is 7.52. The Labute approximate surface area is 91.4 Å². The maximum absolute atomic E-state index is 5.87. The first-order chi connectivity index (χ1) is 6.68. The summed E-state index contributed by atoms with van der Waals surface area (Å²) in [5.74, 6) is 0.528. The van der Waals surface area contributed by atoms with Crippen LogP contribution in [0.5, 0.6) is 0 Å². The van der Waals surface area contributed by atoms with Crippen LogP contribution in [0.15, 0.2) is 23.7 Å². The molecule has 0 aliphatic heterocycles. The first kappa shape index (κ1) is 9.49. The molecule has 0 aliphatic carbocycles. The molecule has 14 heavy (non-hydrogen) atoms. The van der Waals surface area contributed by atoms with Crippen LogP contribution in [-0.2, 0) is 0 Å². The lowest BCUT2D eigenvalue weighted by Crippen LogP contribution is -1.93. The molecule has 0 bridgehead atoms. The van der Waals surface area contributed by atoms with E-state index in [4.69, 9.17) is 17.3 Å². The number of hydrogen-bond acceptors (Lipinski definition) is 3. The fourth-order valence-electron chi connectivity index (χ4n) is 1.28. The van der Waals surface area contributed by atoms with E-state index in [1.54, 1.807) is 17.5 Å². The Kier molecular flexibility index (Phi) is 2.44. The quantitative estimate of drug-likeness (QED) is 0.807. The average molecular weight is 225 g/mol. The number of rotatable bonds is 1. The van der Waals surface area contributed by atoms with E-state index in [0.29, 0.717) is 10.8 Å². The Morgan fingerprint density at radius 2 is 2.29 bits per heavy atom. The van der Waals surface area contributed by atoms with E-state index in [2.05, 4.69) is 11.1 Å². The Balaban J connectivity index is 2.62. The molecule has 2 N–H and O–H groups in total. The van der Waals surface area contributed by atoms with Crippen molar-refractivity contribution in [1.29, 1.82) is 0 Å². The average Bonchev–Trinajstić information content (AvgIpc) is 2.56. The molecule has 2 nitrogen and oxygen atoms in total. The minimum atomic E-state index is 0.528. The van der Waals surface area contributed by atoms with Crippen LogP contribution < -0.4 is 5.73 Å². The molecule has 0 aliphatic rings. The maximum Gasteiger partial charge on any atom is 0.132 e. The second kappa shape index (κ2) is 3.59. The minimum Gasteiger partial charge on any atom is -0.383 e. The fourth-order valence-corrected chi connectivity index (χ4v) is 2.39.